The minimum atomic E-state index is -0.420. The SMILES string of the molecule is Cc1cc(N2C(=O)[C@@H]3C4CCC(CC4=O)[C@@H]3C2=O)ccc1Br. The van der Waals surface area contributed by atoms with Crippen molar-refractivity contribution < 1.29 is 14.4 Å². The van der Waals surface area contributed by atoms with Crippen LogP contribution >= 0.6 is 15.9 Å². The normalized spacial score (nSPS) is 33.5. The van der Waals surface area contributed by atoms with Crippen molar-refractivity contribution in [3.63, 3.8) is 0 Å². The van der Waals surface area contributed by atoms with E-state index in [9.17, 15) is 14.4 Å². The molecule has 5 heteroatoms. The summed E-state index contributed by atoms with van der Waals surface area (Å²) in [6.07, 6.45) is 2.12. The Bertz CT molecular complexity index is 714. The fraction of sp³-hybridized carbons (Fsp3) is 0.471. The Hall–Kier alpha value is -1.49. The second-order valence-corrected chi connectivity index (χ2v) is 7.47. The fourth-order valence-corrected chi connectivity index (χ4v) is 4.65. The highest BCUT2D eigenvalue weighted by Gasteiger charge is 2.60. The van der Waals surface area contributed by atoms with E-state index in [2.05, 4.69) is 15.9 Å². The summed E-state index contributed by atoms with van der Waals surface area (Å²) in [5, 5.41) is 0. The Morgan fingerprint density at radius 3 is 2.50 bits per heavy atom. The van der Waals surface area contributed by atoms with E-state index in [0.29, 0.717) is 12.1 Å². The van der Waals surface area contributed by atoms with Gasteiger partial charge in [0.05, 0.1) is 17.5 Å². The van der Waals surface area contributed by atoms with Crippen molar-refractivity contribution in [1.29, 1.82) is 0 Å². The van der Waals surface area contributed by atoms with Gasteiger partial charge in [0, 0.05) is 16.8 Å². The maximum Gasteiger partial charge on any atom is 0.238 e. The van der Waals surface area contributed by atoms with Crippen LogP contribution in [0.5, 0.6) is 0 Å². The summed E-state index contributed by atoms with van der Waals surface area (Å²) in [6.45, 7) is 1.93. The minimum absolute atomic E-state index is 0.0560. The largest absolute Gasteiger partial charge is 0.299 e. The summed E-state index contributed by atoms with van der Waals surface area (Å²) in [4.78, 5) is 39.1. The molecule has 1 heterocycles. The van der Waals surface area contributed by atoms with Gasteiger partial charge in [-0.2, -0.15) is 0 Å². The van der Waals surface area contributed by atoms with Gasteiger partial charge >= 0.3 is 0 Å². The van der Waals surface area contributed by atoms with Crippen molar-refractivity contribution in [2.24, 2.45) is 23.7 Å². The molecule has 22 heavy (non-hydrogen) atoms. The smallest absolute Gasteiger partial charge is 0.238 e. The van der Waals surface area contributed by atoms with Gasteiger partial charge in [0.2, 0.25) is 11.8 Å². The van der Waals surface area contributed by atoms with E-state index in [4.69, 9.17) is 0 Å². The molecule has 5 rings (SSSR count). The molecule has 0 spiro atoms. The molecule has 114 valence electrons. The van der Waals surface area contributed by atoms with Gasteiger partial charge in [0.1, 0.15) is 5.78 Å². The topological polar surface area (TPSA) is 54.5 Å². The lowest BCUT2D eigenvalue weighted by atomic mass is 9.59. The molecular formula is C17H16BrNO3. The molecule has 1 saturated heterocycles. The van der Waals surface area contributed by atoms with E-state index in [1.165, 1.54) is 4.90 Å². The molecule has 4 aliphatic rings. The number of hydrogen-bond donors (Lipinski definition) is 0. The Labute approximate surface area is 137 Å². The number of Topliss-reactive ketones (excluding diaryl/α,β-unsaturated/α-hetero) is 1. The van der Waals surface area contributed by atoms with Crippen LogP contribution < -0.4 is 4.90 Å². The van der Waals surface area contributed by atoms with Crippen LogP contribution in [0.4, 0.5) is 5.69 Å². The molecule has 0 N–H and O–H groups in total. The number of aryl methyl sites for hydroxylation is 1. The van der Waals surface area contributed by atoms with Crippen molar-refractivity contribution >= 4 is 39.2 Å². The van der Waals surface area contributed by atoms with Crippen LogP contribution in [0.25, 0.3) is 0 Å². The summed E-state index contributed by atoms with van der Waals surface area (Å²) in [6, 6.07) is 5.49. The van der Waals surface area contributed by atoms with Crippen molar-refractivity contribution in [1.82, 2.24) is 0 Å². The van der Waals surface area contributed by atoms with Gasteiger partial charge in [0.15, 0.2) is 0 Å². The van der Waals surface area contributed by atoms with Gasteiger partial charge in [-0.15, -0.1) is 0 Å². The number of fused-ring (bicyclic) bond motifs is 2. The number of rotatable bonds is 1. The molecule has 1 aromatic carbocycles. The second kappa shape index (κ2) is 4.75. The zero-order chi connectivity index (χ0) is 15.6. The maximum absolute atomic E-state index is 12.8. The molecule has 2 unspecified atom stereocenters. The van der Waals surface area contributed by atoms with Crippen LogP contribution in [0.2, 0.25) is 0 Å². The summed E-state index contributed by atoms with van der Waals surface area (Å²) in [5.41, 5.74) is 1.60. The van der Waals surface area contributed by atoms with Crippen molar-refractivity contribution in [2.75, 3.05) is 4.90 Å². The highest BCUT2D eigenvalue weighted by molar-refractivity contribution is 9.10. The Morgan fingerprint density at radius 2 is 1.82 bits per heavy atom. The molecule has 0 radical (unpaired) electrons. The van der Waals surface area contributed by atoms with Gasteiger partial charge < -0.3 is 0 Å². The average Bonchev–Trinajstić information content (AvgIpc) is 2.76. The molecule has 4 atom stereocenters. The first kappa shape index (κ1) is 14.1. The maximum atomic E-state index is 12.8. The summed E-state index contributed by atoms with van der Waals surface area (Å²) < 4.78 is 0.947. The highest BCUT2D eigenvalue weighted by Crippen LogP contribution is 2.52. The van der Waals surface area contributed by atoms with Crippen molar-refractivity contribution in [3.05, 3.63) is 28.2 Å². The van der Waals surface area contributed by atoms with Gasteiger partial charge in [-0.05, 0) is 49.4 Å². The van der Waals surface area contributed by atoms with Crippen LogP contribution in [-0.4, -0.2) is 17.6 Å². The number of carbonyl (C=O) groups is 3. The quantitative estimate of drug-likeness (QED) is 0.722. The van der Waals surface area contributed by atoms with E-state index in [0.717, 1.165) is 22.9 Å². The van der Waals surface area contributed by atoms with Gasteiger partial charge in [-0.25, -0.2) is 0 Å². The number of ketones is 1. The van der Waals surface area contributed by atoms with Gasteiger partial charge in [0.25, 0.3) is 0 Å². The van der Waals surface area contributed by atoms with E-state index < -0.39 is 5.92 Å². The molecule has 1 aliphatic heterocycles. The lowest BCUT2D eigenvalue weighted by Gasteiger charge is -2.41. The molecule has 2 bridgehead atoms. The molecule has 4 nitrogen and oxygen atoms in total. The first-order valence-electron chi connectivity index (χ1n) is 7.65. The van der Waals surface area contributed by atoms with Crippen LogP contribution in [0.1, 0.15) is 24.8 Å². The third-order valence-corrected chi connectivity index (χ3v) is 6.35. The number of hydrogen-bond acceptors (Lipinski definition) is 3. The third-order valence-electron chi connectivity index (χ3n) is 5.46. The number of imide groups is 1. The zero-order valence-electron chi connectivity index (χ0n) is 12.2. The number of carbonyl (C=O) groups excluding carboxylic acids is 3. The van der Waals surface area contributed by atoms with Crippen LogP contribution in [0.3, 0.4) is 0 Å². The number of amides is 2. The predicted molar refractivity (Wildman–Crippen MR) is 84.2 cm³/mol. The zero-order valence-corrected chi connectivity index (χ0v) is 13.8. The number of benzene rings is 1. The van der Waals surface area contributed by atoms with Crippen molar-refractivity contribution in [3.8, 4) is 0 Å². The molecule has 3 aliphatic carbocycles. The molecule has 0 aromatic heterocycles. The predicted octanol–water partition coefficient (Wildman–Crippen LogP) is 2.86. The van der Waals surface area contributed by atoms with Crippen LogP contribution in [-0.2, 0) is 14.4 Å². The summed E-state index contributed by atoms with van der Waals surface area (Å²) in [5.74, 6) is -1.01. The van der Waals surface area contributed by atoms with Gasteiger partial charge in [-0.3, -0.25) is 19.3 Å². The summed E-state index contributed by atoms with van der Waals surface area (Å²) >= 11 is 3.43. The lowest BCUT2D eigenvalue weighted by molar-refractivity contribution is -0.143. The summed E-state index contributed by atoms with van der Waals surface area (Å²) in [7, 11) is 0. The molecule has 3 saturated carbocycles. The number of nitrogens with zero attached hydrogens (tertiary/aromatic N) is 1. The Morgan fingerprint density at radius 1 is 1.09 bits per heavy atom. The highest BCUT2D eigenvalue weighted by atomic mass is 79.9. The van der Waals surface area contributed by atoms with Crippen LogP contribution in [0.15, 0.2) is 22.7 Å². The van der Waals surface area contributed by atoms with E-state index >= 15 is 0 Å². The van der Waals surface area contributed by atoms with E-state index in [-0.39, 0.29) is 35.4 Å². The Kier molecular flexibility index (Phi) is 3.05. The second-order valence-electron chi connectivity index (χ2n) is 6.61. The first-order valence-corrected chi connectivity index (χ1v) is 8.45. The Balaban J connectivity index is 1.77. The average molecular weight is 362 g/mol. The van der Waals surface area contributed by atoms with Crippen molar-refractivity contribution in [2.45, 2.75) is 26.2 Å². The lowest BCUT2D eigenvalue weighted by Crippen LogP contribution is -2.46. The standard InChI is InChI=1S/C17H16BrNO3/c1-8-6-10(3-5-12(8)18)19-16(21)14-9-2-4-11(13(20)7-9)15(14)17(19)22/h3,5-6,9,11,14-15H,2,4,7H2,1H3/t9?,11?,14-,15+/m0/s1. The third kappa shape index (κ3) is 1.78. The fourth-order valence-electron chi connectivity index (χ4n) is 4.41. The monoisotopic (exact) mass is 361 g/mol. The van der Waals surface area contributed by atoms with E-state index in [1.807, 2.05) is 19.1 Å². The number of halogens is 1. The molecule has 4 fully saturated rings. The molecule has 1 aromatic rings. The number of anilines is 1. The first-order chi connectivity index (χ1) is 10.5. The van der Waals surface area contributed by atoms with Crippen LogP contribution in [0, 0.1) is 30.6 Å². The van der Waals surface area contributed by atoms with Gasteiger partial charge in [-0.1, -0.05) is 15.9 Å². The van der Waals surface area contributed by atoms with E-state index in [1.54, 1.807) is 6.07 Å². The minimum Gasteiger partial charge on any atom is -0.299 e. The molecular weight excluding hydrogens is 346 g/mol. The molecule has 2 amide bonds.